The Kier molecular flexibility index (Phi) is 6.15. The summed E-state index contributed by atoms with van der Waals surface area (Å²) in [5.74, 6) is -0.668. The van der Waals surface area contributed by atoms with E-state index in [2.05, 4.69) is 5.32 Å². The Hall–Kier alpha value is -2.25. The smallest absolute Gasteiger partial charge is 0.251 e. The molecule has 2 aromatic carbocycles. The maximum absolute atomic E-state index is 13.0. The van der Waals surface area contributed by atoms with Crippen LogP contribution in [0.5, 0.6) is 0 Å². The number of halogens is 1. The van der Waals surface area contributed by atoms with Gasteiger partial charge in [0.1, 0.15) is 5.82 Å². The van der Waals surface area contributed by atoms with E-state index in [1.165, 1.54) is 47.8 Å². The van der Waals surface area contributed by atoms with Crippen LogP contribution < -0.4 is 5.32 Å². The van der Waals surface area contributed by atoms with Crippen LogP contribution in [0.3, 0.4) is 0 Å². The van der Waals surface area contributed by atoms with Gasteiger partial charge < -0.3 is 5.32 Å². The zero-order valence-corrected chi connectivity index (χ0v) is 16.0. The van der Waals surface area contributed by atoms with Gasteiger partial charge in [0.15, 0.2) is 0 Å². The molecule has 2 rings (SSSR count). The van der Waals surface area contributed by atoms with Gasteiger partial charge in [-0.1, -0.05) is 12.1 Å². The highest BCUT2D eigenvalue weighted by Gasteiger charge is 2.23. The summed E-state index contributed by atoms with van der Waals surface area (Å²) in [4.78, 5) is 12.5. The molecule has 1 N–H and O–H groups in total. The van der Waals surface area contributed by atoms with Crippen LogP contribution in [0.15, 0.2) is 53.4 Å². The SMILES string of the molecule is CC(NC(=O)c1ccc(S(=O)(=O)N(C)C(C)C)cc1)c1ccc(F)cc1. The number of hydrogen-bond donors (Lipinski definition) is 1. The predicted octanol–water partition coefficient (Wildman–Crippen LogP) is 3.35. The van der Waals surface area contributed by atoms with Crippen LogP contribution in [0, 0.1) is 5.82 Å². The molecule has 0 heterocycles. The van der Waals surface area contributed by atoms with E-state index in [4.69, 9.17) is 0 Å². The van der Waals surface area contributed by atoms with E-state index in [1.807, 2.05) is 0 Å². The maximum atomic E-state index is 13.0. The van der Waals surface area contributed by atoms with Crippen molar-refractivity contribution in [2.45, 2.75) is 37.8 Å². The monoisotopic (exact) mass is 378 g/mol. The summed E-state index contributed by atoms with van der Waals surface area (Å²) in [5, 5.41) is 2.81. The van der Waals surface area contributed by atoms with Crippen LogP contribution in [0.25, 0.3) is 0 Å². The zero-order chi connectivity index (χ0) is 19.5. The zero-order valence-electron chi connectivity index (χ0n) is 15.2. The molecule has 140 valence electrons. The third kappa shape index (κ3) is 4.47. The summed E-state index contributed by atoms with van der Waals surface area (Å²) in [7, 11) is -2.07. The molecule has 0 aromatic heterocycles. The molecular formula is C19H23FN2O3S. The number of hydrogen-bond acceptors (Lipinski definition) is 3. The second-order valence-corrected chi connectivity index (χ2v) is 8.38. The van der Waals surface area contributed by atoms with Gasteiger partial charge in [-0.2, -0.15) is 4.31 Å². The lowest BCUT2D eigenvalue weighted by molar-refractivity contribution is 0.0939. The molecule has 7 heteroatoms. The number of carbonyl (C=O) groups excluding carboxylic acids is 1. The van der Waals surface area contributed by atoms with Gasteiger partial charge in [0.05, 0.1) is 10.9 Å². The van der Waals surface area contributed by atoms with Crippen molar-refractivity contribution in [3.8, 4) is 0 Å². The van der Waals surface area contributed by atoms with Gasteiger partial charge in [0.25, 0.3) is 5.91 Å². The third-order valence-electron chi connectivity index (χ3n) is 4.24. The van der Waals surface area contributed by atoms with Crippen molar-refractivity contribution in [2.24, 2.45) is 0 Å². The largest absolute Gasteiger partial charge is 0.346 e. The van der Waals surface area contributed by atoms with Crippen molar-refractivity contribution in [2.75, 3.05) is 7.05 Å². The van der Waals surface area contributed by atoms with E-state index >= 15 is 0 Å². The minimum atomic E-state index is -3.58. The molecule has 0 spiro atoms. The molecule has 0 bridgehead atoms. The number of nitrogens with zero attached hydrogens (tertiary/aromatic N) is 1. The van der Waals surface area contributed by atoms with E-state index in [0.717, 1.165) is 5.56 Å². The lowest BCUT2D eigenvalue weighted by Gasteiger charge is -2.21. The van der Waals surface area contributed by atoms with Crippen LogP contribution >= 0.6 is 0 Å². The fourth-order valence-corrected chi connectivity index (χ4v) is 3.70. The average Bonchev–Trinajstić information content (AvgIpc) is 2.61. The summed E-state index contributed by atoms with van der Waals surface area (Å²) in [6.45, 7) is 5.37. The van der Waals surface area contributed by atoms with Crippen molar-refractivity contribution >= 4 is 15.9 Å². The summed E-state index contributed by atoms with van der Waals surface area (Å²) in [5.41, 5.74) is 1.13. The van der Waals surface area contributed by atoms with Crippen LogP contribution in [0.4, 0.5) is 4.39 Å². The highest BCUT2D eigenvalue weighted by Crippen LogP contribution is 2.18. The first-order valence-electron chi connectivity index (χ1n) is 8.27. The number of benzene rings is 2. The lowest BCUT2D eigenvalue weighted by atomic mass is 10.1. The molecule has 5 nitrogen and oxygen atoms in total. The summed E-state index contributed by atoms with van der Waals surface area (Å²) in [6.07, 6.45) is 0. The molecule has 0 aliphatic carbocycles. The Bertz CT molecular complexity index is 863. The second kappa shape index (κ2) is 7.97. The van der Waals surface area contributed by atoms with Crippen molar-refractivity contribution in [1.82, 2.24) is 9.62 Å². The number of amides is 1. The van der Waals surface area contributed by atoms with Gasteiger partial charge in [0.2, 0.25) is 10.0 Å². The average molecular weight is 378 g/mol. The van der Waals surface area contributed by atoms with Gasteiger partial charge in [0, 0.05) is 18.7 Å². The van der Waals surface area contributed by atoms with E-state index in [-0.39, 0.29) is 28.7 Å². The lowest BCUT2D eigenvalue weighted by Crippen LogP contribution is -2.33. The first-order chi connectivity index (χ1) is 12.1. The molecule has 1 amide bonds. The second-order valence-electron chi connectivity index (χ2n) is 6.39. The Labute approximate surface area is 153 Å². The Morgan fingerprint density at radius 3 is 2.04 bits per heavy atom. The molecule has 1 unspecified atom stereocenters. The van der Waals surface area contributed by atoms with Crippen molar-refractivity contribution in [3.05, 3.63) is 65.5 Å². The highest BCUT2D eigenvalue weighted by atomic mass is 32.2. The Morgan fingerprint density at radius 2 is 1.54 bits per heavy atom. The standard InChI is InChI=1S/C19H23FN2O3S/c1-13(2)22(4)26(24,25)18-11-7-16(8-12-18)19(23)21-14(3)15-5-9-17(20)10-6-15/h5-14H,1-4H3,(H,21,23). The Balaban J connectivity index is 2.12. The van der Waals surface area contributed by atoms with Gasteiger partial charge in [-0.3, -0.25) is 4.79 Å². The third-order valence-corrected chi connectivity index (χ3v) is 6.29. The minimum Gasteiger partial charge on any atom is -0.346 e. The highest BCUT2D eigenvalue weighted by molar-refractivity contribution is 7.89. The van der Waals surface area contributed by atoms with E-state index in [9.17, 15) is 17.6 Å². The molecular weight excluding hydrogens is 355 g/mol. The predicted molar refractivity (Wildman–Crippen MR) is 98.8 cm³/mol. The van der Waals surface area contributed by atoms with Gasteiger partial charge >= 0.3 is 0 Å². The summed E-state index contributed by atoms with van der Waals surface area (Å²) in [6, 6.07) is 11.2. The molecule has 0 aliphatic heterocycles. The number of carbonyl (C=O) groups is 1. The van der Waals surface area contributed by atoms with Crippen LogP contribution in [0.2, 0.25) is 0 Å². The minimum absolute atomic E-state index is 0.136. The molecule has 1 atom stereocenters. The van der Waals surface area contributed by atoms with E-state index in [0.29, 0.717) is 5.56 Å². The van der Waals surface area contributed by atoms with Gasteiger partial charge in [-0.15, -0.1) is 0 Å². The summed E-state index contributed by atoms with van der Waals surface area (Å²) < 4.78 is 39.1. The first-order valence-corrected chi connectivity index (χ1v) is 9.71. The number of rotatable bonds is 6. The molecule has 0 radical (unpaired) electrons. The fraction of sp³-hybridized carbons (Fsp3) is 0.316. The maximum Gasteiger partial charge on any atom is 0.251 e. The van der Waals surface area contributed by atoms with E-state index in [1.54, 1.807) is 32.9 Å². The van der Waals surface area contributed by atoms with Crippen molar-refractivity contribution < 1.29 is 17.6 Å². The van der Waals surface area contributed by atoms with Crippen LogP contribution in [-0.4, -0.2) is 31.7 Å². The normalized spacial score (nSPS) is 13.0. The van der Waals surface area contributed by atoms with E-state index < -0.39 is 10.0 Å². The molecule has 0 saturated heterocycles. The quantitative estimate of drug-likeness (QED) is 0.838. The first kappa shape index (κ1) is 20.1. The molecule has 0 aliphatic rings. The molecule has 26 heavy (non-hydrogen) atoms. The fourth-order valence-electron chi connectivity index (χ4n) is 2.34. The van der Waals surface area contributed by atoms with Crippen molar-refractivity contribution in [1.29, 1.82) is 0 Å². The topological polar surface area (TPSA) is 66.5 Å². The van der Waals surface area contributed by atoms with Crippen LogP contribution in [-0.2, 0) is 10.0 Å². The Morgan fingerprint density at radius 1 is 1.00 bits per heavy atom. The molecule has 0 saturated carbocycles. The van der Waals surface area contributed by atoms with Crippen LogP contribution in [0.1, 0.15) is 42.7 Å². The van der Waals surface area contributed by atoms with Gasteiger partial charge in [-0.05, 0) is 62.7 Å². The number of sulfonamides is 1. The number of nitrogens with one attached hydrogen (secondary N) is 1. The summed E-state index contributed by atoms with van der Waals surface area (Å²) >= 11 is 0. The van der Waals surface area contributed by atoms with Gasteiger partial charge in [-0.25, -0.2) is 12.8 Å². The molecule has 2 aromatic rings. The van der Waals surface area contributed by atoms with Crippen molar-refractivity contribution in [3.63, 3.8) is 0 Å². The molecule has 0 fully saturated rings.